The number of ether oxygens (including phenoxy) is 1. The van der Waals surface area contributed by atoms with Crippen LogP contribution in [0.15, 0.2) is 23.2 Å². The molecular weight excluding hydrogens is 443 g/mol. The number of benzene rings is 1. The van der Waals surface area contributed by atoms with Gasteiger partial charge < -0.3 is 20.1 Å². The molecule has 2 aliphatic heterocycles. The van der Waals surface area contributed by atoms with Crippen LogP contribution in [0.25, 0.3) is 0 Å². The lowest BCUT2D eigenvalue weighted by molar-refractivity contribution is 0.249. The Labute approximate surface area is 173 Å². The number of phenols is 1. The molecular formula is C19H31IN4O2. The molecule has 2 fully saturated rings. The van der Waals surface area contributed by atoms with E-state index >= 15 is 0 Å². The SMILES string of the molecule is CCNC(=NCc1cccc(OC)c1O)N1CCC(N2CCCC2)C1.I. The van der Waals surface area contributed by atoms with Gasteiger partial charge in [-0.1, -0.05) is 12.1 Å². The number of nitrogens with zero attached hydrogens (tertiary/aromatic N) is 3. The van der Waals surface area contributed by atoms with E-state index in [9.17, 15) is 5.11 Å². The van der Waals surface area contributed by atoms with E-state index in [4.69, 9.17) is 9.73 Å². The van der Waals surface area contributed by atoms with Crippen LogP contribution in [-0.4, -0.2) is 66.7 Å². The van der Waals surface area contributed by atoms with Crippen LogP contribution < -0.4 is 10.1 Å². The van der Waals surface area contributed by atoms with Crippen LogP contribution in [0.3, 0.4) is 0 Å². The highest BCUT2D eigenvalue weighted by atomic mass is 127. The third-order valence-electron chi connectivity index (χ3n) is 5.16. The van der Waals surface area contributed by atoms with Crippen LogP contribution in [0.5, 0.6) is 11.5 Å². The van der Waals surface area contributed by atoms with Gasteiger partial charge in [-0.25, -0.2) is 4.99 Å². The van der Waals surface area contributed by atoms with Gasteiger partial charge in [0.05, 0.1) is 13.7 Å². The molecule has 26 heavy (non-hydrogen) atoms. The summed E-state index contributed by atoms with van der Waals surface area (Å²) in [6.45, 7) is 7.93. The molecule has 0 radical (unpaired) electrons. The van der Waals surface area contributed by atoms with Crippen molar-refractivity contribution in [2.24, 2.45) is 4.99 Å². The molecule has 0 amide bonds. The number of phenolic OH excluding ortho intramolecular Hbond substituents is 1. The van der Waals surface area contributed by atoms with Crippen molar-refractivity contribution in [3.8, 4) is 11.5 Å². The first kappa shape index (κ1) is 21.1. The number of halogens is 1. The Hall–Kier alpha value is -1.22. The number of nitrogens with one attached hydrogen (secondary N) is 1. The lowest BCUT2D eigenvalue weighted by Gasteiger charge is -2.25. The van der Waals surface area contributed by atoms with Crippen LogP contribution >= 0.6 is 24.0 Å². The van der Waals surface area contributed by atoms with Crippen molar-refractivity contribution in [2.75, 3.05) is 39.8 Å². The molecule has 146 valence electrons. The van der Waals surface area contributed by atoms with Gasteiger partial charge in [0, 0.05) is 31.2 Å². The van der Waals surface area contributed by atoms with E-state index in [2.05, 4.69) is 22.0 Å². The van der Waals surface area contributed by atoms with E-state index in [1.165, 1.54) is 32.4 Å². The van der Waals surface area contributed by atoms with Gasteiger partial charge in [0.25, 0.3) is 0 Å². The van der Waals surface area contributed by atoms with Gasteiger partial charge in [0.1, 0.15) is 0 Å². The monoisotopic (exact) mass is 474 g/mol. The van der Waals surface area contributed by atoms with E-state index in [-0.39, 0.29) is 29.7 Å². The minimum atomic E-state index is 0. The second kappa shape index (κ2) is 10.2. The standard InChI is InChI=1S/C19H30N4O2.HI/c1-3-20-19(21-13-15-7-6-8-17(25-2)18(15)24)23-12-9-16(14-23)22-10-4-5-11-22;/h6-8,16,24H,3-5,9-14H2,1-2H3,(H,20,21);1H. The van der Waals surface area contributed by atoms with E-state index < -0.39 is 0 Å². The van der Waals surface area contributed by atoms with E-state index in [0.717, 1.165) is 31.2 Å². The molecule has 2 saturated heterocycles. The maximum absolute atomic E-state index is 10.2. The molecule has 0 bridgehead atoms. The molecule has 0 aliphatic carbocycles. The lowest BCUT2D eigenvalue weighted by atomic mass is 10.2. The molecule has 1 unspecified atom stereocenters. The molecule has 0 saturated carbocycles. The molecule has 3 rings (SSSR count). The summed E-state index contributed by atoms with van der Waals surface area (Å²) in [5, 5.41) is 13.6. The molecule has 1 aromatic rings. The van der Waals surface area contributed by atoms with E-state index in [1.54, 1.807) is 13.2 Å². The molecule has 6 nitrogen and oxygen atoms in total. The third-order valence-corrected chi connectivity index (χ3v) is 5.16. The van der Waals surface area contributed by atoms with Gasteiger partial charge in [-0.05, 0) is 45.3 Å². The Morgan fingerprint density at radius 1 is 1.31 bits per heavy atom. The second-order valence-corrected chi connectivity index (χ2v) is 6.77. The Kier molecular flexibility index (Phi) is 8.27. The summed E-state index contributed by atoms with van der Waals surface area (Å²) in [5.74, 6) is 1.61. The number of aromatic hydroxyl groups is 1. The van der Waals surface area contributed by atoms with Crippen molar-refractivity contribution >= 4 is 29.9 Å². The summed E-state index contributed by atoms with van der Waals surface area (Å²) >= 11 is 0. The molecule has 1 aromatic carbocycles. The first-order valence-electron chi connectivity index (χ1n) is 9.35. The van der Waals surface area contributed by atoms with Crippen molar-refractivity contribution in [2.45, 2.75) is 38.8 Å². The number of hydrogen-bond acceptors (Lipinski definition) is 4. The average molecular weight is 474 g/mol. The lowest BCUT2D eigenvalue weighted by Crippen LogP contribution is -2.42. The molecule has 0 aromatic heterocycles. The zero-order valence-corrected chi connectivity index (χ0v) is 18.1. The molecule has 1 atom stereocenters. The van der Waals surface area contributed by atoms with Crippen LogP contribution in [0.1, 0.15) is 31.7 Å². The van der Waals surface area contributed by atoms with Gasteiger partial charge in [0.2, 0.25) is 0 Å². The Morgan fingerprint density at radius 3 is 2.77 bits per heavy atom. The van der Waals surface area contributed by atoms with E-state index in [0.29, 0.717) is 18.3 Å². The Bertz CT molecular complexity index is 605. The molecule has 2 aliphatic rings. The highest BCUT2D eigenvalue weighted by Crippen LogP contribution is 2.30. The average Bonchev–Trinajstić information content (AvgIpc) is 3.30. The smallest absolute Gasteiger partial charge is 0.194 e. The van der Waals surface area contributed by atoms with Gasteiger partial charge in [0.15, 0.2) is 17.5 Å². The summed E-state index contributed by atoms with van der Waals surface area (Å²) in [7, 11) is 1.56. The number of guanidine groups is 1. The highest BCUT2D eigenvalue weighted by molar-refractivity contribution is 14.0. The number of aliphatic imine (C=N–C) groups is 1. The summed E-state index contributed by atoms with van der Waals surface area (Å²) in [6.07, 6.45) is 3.87. The fourth-order valence-corrected chi connectivity index (χ4v) is 3.78. The highest BCUT2D eigenvalue weighted by Gasteiger charge is 2.30. The predicted molar refractivity (Wildman–Crippen MR) is 116 cm³/mol. The topological polar surface area (TPSA) is 60.3 Å². The fourth-order valence-electron chi connectivity index (χ4n) is 3.78. The number of hydrogen-bond donors (Lipinski definition) is 2. The van der Waals surface area contributed by atoms with Crippen molar-refractivity contribution in [3.63, 3.8) is 0 Å². The van der Waals surface area contributed by atoms with Crippen LogP contribution in [-0.2, 0) is 6.54 Å². The predicted octanol–water partition coefficient (Wildman–Crippen LogP) is 2.65. The van der Waals surface area contributed by atoms with Gasteiger partial charge in [-0.2, -0.15) is 0 Å². The van der Waals surface area contributed by atoms with Crippen LogP contribution in [0.2, 0.25) is 0 Å². The quantitative estimate of drug-likeness (QED) is 0.391. The normalized spacial score (nSPS) is 20.9. The van der Waals surface area contributed by atoms with E-state index in [1.807, 2.05) is 12.1 Å². The maximum atomic E-state index is 10.2. The molecule has 0 spiro atoms. The minimum Gasteiger partial charge on any atom is -0.504 e. The second-order valence-electron chi connectivity index (χ2n) is 6.77. The van der Waals surface area contributed by atoms with Crippen molar-refractivity contribution in [1.82, 2.24) is 15.1 Å². The summed E-state index contributed by atoms with van der Waals surface area (Å²) < 4.78 is 5.18. The zero-order chi connectivity index (χ0) is 17.6. The number of methoxy groups -OCH3 is 1. The van der Waals surface area contributed by atoms with Crippen molar-refractivity contribution in [1.29, 1.82) is 0 Å². The van der Waals surface area contributed by atoms with Gasteiger partial charge >= 0.3 is 0 Å². The first-order chi connectivity index (χ1) is 12.2. The molecule has 2 N–H and O–H groups in total. The zero-order valence-electron chi connectivity index (χ0n) is 15.8. The first-order valence-corrected chi connectivity index (χ1v) is 9.35. The minimum absolute atomic E-state index is 0. The summed E-state index contributed by atoms with van der Waals surface area (Å²) in [4.78, 5) is 9.73. The number of para-hydroxylation sites is 1. The molecule has 2 heterocycles. The van der Waals surface area contributed by atoms with Crippen LogP contribution in [0, 0.1) is 0 Å². The fraction of sp³-hybridized carbons (Fsp3) is 0.632. The Balaban J connectivity index is 0.00000243. The molecule has 7 heteroatoms. The largest absolute Gasteiger partial charge is 0.504 e. The maximum Gasteiger partial charge on any atom is 0.194 e. The summed E-state index contributed by atoms with van der Waals surface area (Å²) in [5.41, 5.74) is 0.782. The summed E-state index contributed by atoms with van der Waals surface area (Å²) in [6, 6.07) is 6.18. The van der Waals surface area contributed by atoms with Gasteiger partial charge in [-0.15, -0.1) is 24.0 Å². The Morgan fingerprint density at radius 2 is 2.08 bits per heavy atom. The third kappa shape index (κ3) is 4.94. The van der Waals surface area contributed by atoms with Crippen molar-refractivity contribution in [3.05, 3.63) is 23.8 Å². The number of likely N-dealkylation sites (tertiary alicyclic amines) is 2. The number of rotatable bonds is 5. The van der Waals surface area contributed by atoms with Crippen molar-refractivity contribution < 1.29 is 9.84 Å². The van der Waals surface area contributed by atoms with Crippen LogP contribution in [0.4, 0.5) is 0 Å². The van der Waals surface area contributed by atoms with Gasteiger partial charge in [-0.3, -0.25) is 4.90 Å².